The number of halogens is 3. The van der Waals surface area contributed by atoms with Crippen LogP contribution in [0.1, 0.15) is 29.4 Å². The van der Waals surface area contributed by atoms with E-state index in [2.05, 4.69) is 55.4 Å². The molecule has 1 N–H and O–H groups in total. The number of nitrogens with one attached hydrogen (secondary N) is 1. The minimum atomic E-state index is -0.159. The zero-order valence-corrected chi connectivity index (χ0v) is 14.6. The third-order valence-electron chi connectivity index (χ3n) is 4.13. The maximum absolute atomic E-state index is 13.5. The van der Waals surface area contributed by atoms with Crippen LogP contribution in [0.2, 0.25) is 0 Å². The molecular weight excluding hydrogens is 397 g/mol. The molecule has 0 spiro atoms. The Balaban J connectivity index is 1.96. The van der Waals surface area contributed by atoms with Crippen molar-refractivity contribution in [3.8, 4) is 0 Å². The third kappa shape index (κ3) is 3.38. The molecule has 0 saturated carbocycles. The summed E-state index contributed by atoms with van der Waals surface area (Å²) in [6, 6.07) is 13.4. The van der Waals surface area contributed by atoms with Crippen LogP contribution in [0.4, 0.5) is 4.39 Å². The molecule has 2 atom stereocenters. The molecular formula is C17H16Br2FN. The number of rotatable bonds is 2. The van der Waals surface area contributed by atoms with Gasteiger partial charge in [-0.3, -0.25) is 0 Å². The Bertz CT molecular complexity index is 644. The minimum absolute atomic E-state index is 0.159. The van der Waals surface area contributed by atoms with Gasteiger partial charge in [0.05, 0.1) is 0 Å². The fourth-order valence-electron chi connectivity index (χ4n) is 3.09. The number of piperidine rings is 1. The highest BCUT2D eigenvalue weighted by Gasteiger charge is 2.28. The molecule has 0 amide bonds. The van der Waals surface area contributed by atoms with Crippen molar-refractivity contribution in [2.45, 2.75) is 18.3 Å². The van der Waals surface area contributed by atoms with Gasteiger partial charge in [0, 0.05) is 21.4 Å². The van der Waals surface area contributed by atoms with E-state index in [9.17, 15) is 4.39 Å². The van der Waals surface area contributed by atoms with Crippen molar-refractivity contribution in [1.29, 1.82) is 0 Å². The van der Waals surface area contributed by atoms with E-state index < -0.39 is 0 Å². The van der Waals surface area contributed by atoms with Gasteiger partial charge in [-0.05, 0) is 86.1 Å². The van der Waals surface area contributed by atoms with E-state index in [1.54, 1.807) is 12.1 Å². The second kappa shape index (κ2) is 6.59. The van der Waals surface area contributed by atoms with Gasteiger partial charge >= 0.3 is 0 Å². The molecule has 21 heavy (non-hydrogen) atoms. The first-order valence-electron chi connectivity index (χ1n) is 7.06. The van der Waals surface area contributed by atoms with E-state index >= 15 is 0 Å². The van der Waals surface area contributed by atoms with Crippen molar-refractivity contribution >= 4 is 31.9 Å². The predicted molar refractivity (Wildman–Crippen MR) is 91.2 cm³/mol. The maximum atomic E-state index is 13.5. The Labute approximate surface area is 141 Å². The molecule has 2 unspecified atom stereocenters. The highest BCUT2D eigenvalue weighted by molar-refractivity contribution is 9.13. The monoisotopic (exact) mass is 411 g/mol. The molecule has 0 bridgehead atoms. The second-order valence-electron chi connectivity index (χ2n) is 5.43. The van der Waals surface area contributed by atoms with Crippen LogP contribution in [-0.2, 0) is 0 Å². The molecule has 1 aliphatic rings. The lowest BCUT2D eigenvalue weighted by molar-refractivity contribution is 0.403. The van der Waals surface area contributed by atoms with E-state index in [1.807, 2.05) is 6.07 Å². The summed E-state index contributed by atoms with van der Waals surface area (Å²) in [5.74, 6) is 0.564. The van der Waals surface area contributed by atoms with Crippen LogP contribution in [0.15, 0.2) is 51.4 Å². The summed E-state index contributed by atoms with van der Waals surface area (Å²) in [5, 5.41) is 3.44. The van der Waals surface area contributed by atoms with E-state index in [0.29, 0.717) is 11.8 Å². The van der Waals surface area contributed by atoms with E-state index in [0.717, 1.165) is 34.0 Å². The summed E-state index contributed by atoms with van der Waals surface area (Å²) in [5.41, 5.74) is 2.38. The molecule has 2 aromatic rings. The summed E-state index contributed by atoms with van der Waals surface area (Å²) in [7, 11) is 0. The van der Waals surface area contributed by atoms with Crippen molar-refractivity contribution in [2.24, 2.45) is 0 Å². The predicted octanol–water partition coefficient (Wildman–Crippen LogP) is 5.21. The molecule has 0 radical (unpaired) electrons. The second-order valence-corrected chi connectivity index (χ2v) is 7.14. The average Bonchev–Trinajstić information content (AvgIpc) is 2.50. The van der Waals surface area contributed by atoms with Gasteiger partial charge < -0.3 is 5.32 Å². The molecule has 110 valence electrons. The van der Waals surface area contributed by atoms with Gasteiger partial charge in [0.2, 0.25) is 0 Å². The quantitative estimate of drug-likeness (QED) is 0.713. The average molecular weight is 413 g/mol. The van der Waals surface area contributed by atoms with E-state index in [4.69, 9.17) is 0 Å². The van der Waals surface area contributed by atoms with Crippen LogP contribution in [0.25, 0.3) is 0 Å². The normalized spacial score (nSPS) is 22.2. The van der Waals surface area contributed by atoms with Crippen molar-refractivity contribution < 1.29 is 4.39 Å². The zero-order chi connectivity index (χ0) is 14.8. The number of hydrogen-bond acceptors (Lipinski definition) is 1. The molecule has 0 aliphatic carbocycles. The van der Waals surface area contributed by atoms with Crippen LogP contribution in [0, 0.1) is 5.82 Å². The van der Waals surface area contributed by atoms with E-state index in [1.165, 1.54) is 11.6 Å². The number of benzene rings is 2. The first kappa shape index (κ1) is 15.2. The van der Waals surface area contributed by atoms with E-state index in [-0.39, 0.29) is 5.82 Å². The summed E-state index contributed by atoms with van der Waals surface area (Å²) in [4.78, 5) is 0. The Hall–Kier alpha value is -0.710. The van der Waals surface area contributed by atoms with Gasteiger partial charge in [0.25, 0.3) is 0 Å². The minimum Gasteiger partial charge on any atom is -0.316 e. The Kier molecular flexibility index (Phi) is 4.77. The molecule has 1 fully saturated rings. The lowest BCUT2D eigenvalue weighted by Gasteiger charge is -2.33. The van der Waals surface area contributed by atoms with Crippen LogP contribution < -0.4 is 5.32 Å². The molecule has 0 aromatic heterocycles. The lowest BCUT2D eigenvalue weighted by Crippen LogP contribution is -2.34. The summed E-state index contributed by atoms with van der Waals surface area (Å²) >= 11 is 7.09. The summed E-state index contributed by atoms with van der Waals surface area (Å²) in [6.07, 6.45) is 1.06. The zero-order valence-electron chi connectivity index (χ0n) is 11.5. The first-order chi connectivity index (χ1) is 10.1. The van der Waals surface area contributed by atoms with Gasteiger partial charge in [-0.1, -0.05) is 18.2 Å². The highest BCUT2D eigenvalue weighted by atomic mass is 79.9. The molecule has 1 aliphatic heterocycles. The van der Waals surface area contributed by atoms with Gasteiger partial charge in [-0.25, -0.2) is 4.39 Å². The summed E-state index contributed by atoms with van der Waals surface area (Å²) in [6.45, 7) is 1.89. The van der Waals surface area contributed by atoms with Crippen LogP contribution >= 0.6 is 31.9 Å². The SMILES string of the molecule is Fc1cccc(C2CNCCC2c2ccc(Br)c(Br)c2)c1. The molecule has 4 heteroatoms. The van der Waals surface area contributed by atoms with Gasteiger partial charge in [-0.2, -0.15) is 0 Å². The standard InChI is InChI=1S/C17H16Br2FN/c18-16-5-4-12(9-17(16)19)14-6-7-21-10-15(14)11-2-1-3-13(20)8-11/h1-5,8-9,14-15,21H,6-7,10H2. The van der Waals surface area contributed by atoms with Gasteiger partial charge in [0.1, 0.15) is 5.82 Å². The fraction of sp³-hybridized carbons (Fsp3) is 0.294. The van der Waals surface area contributed by atoms with Crippen molar-refractivity contribution in [3.05, 3.63) is 68.4 Å². The molecule has 2 aromatic carbocycles. The lowest BCUT2D eigenvalue weighted by atomic mass is 9.77. The topological polar surface area (TPSA) is 12.0 Å². The summed E-state index contributed by atoms with van der Waals surface area (Å²) < 4.78 is 15.7. The number of hydrogen-bond donors (Lipinski definition) is 1. The molecule has 3 rings (SSSR count). The third-order valence-corrected chi connectivity index (χ3v) is 6.01. The highest BCUT2D eigenvalue weighted by Crippen LogP contribution is 2.39. The Morgan fingerprint density at radius 2 is 1.76 bits per heavy atom. The van der Waals surface area contributed by atoms with Crippen molar-refractivity contribution in [1.82, 2.24) is 5.32 Å². The Morgan fingerprint density at radius 1 is 0.952 bits per heavy atom. The van der Waals surface area contributed by atoms with Gasteiger partial charge in [-0.15, -0.1) is 0 Å². The van der Waals surface area contributed by atoms with Gasteiger partial charge in [0.15, 0.2) is 0 Å². The largest absolute Gasteiger partial charge is 0.316 e. The Morgan fingerprint density at radius 3 is 2.52 bits per heavy atom. The fourth-order valence-corrected chi connectivity index (χ4v) is 3.73. The molecule has 1 saturated heterocycles. The van der Waals surface area contributed by atoms with Crippen molar-refractivity contribution in [2.75, 3.05) is 13.1 Å². The van der Waals surface area contributed by atoms with Crippen LogP contribution in [0.5, 0.6) is 0 Å². The van der Waals surface area contributed by atoms with Crippen LogP contribution in [0.3, 0.4) is 0 Å². The maximum Gasteiger partial charge on any atom is 0.123 e. The van der Waals surface area contributed by atoms with Crippen LogP contribution in [-0.4, -0.2) is 13.1 Å². The molecule has 1 nitrogen and oxygen atoms in total. The smallest absolute Gasteiger partial charge is 0.123 e. The first-order valence-corrected chi connectivity index (χ1v) is 8.65. The van der Waals surface area contributed by atoms with Crippen molar-refractivity contribution in [3.63, 3.8) is 0 Å². The molecule has 1 heterocycles.